The second kappa shape index (κ2) is 5.27. The van der Waals surface area contributed by atoms with E-state index < -0.39 is 5.41 Å². The molecule has 0 saturated carbocycles. The molecular weight excluding hydrogens is 226 g/mol. The lowest BCUT2D eigenvalue weighted by molar-refractivity contribution is -0.124. The molecule has 1 heterocycles. The predicted molar refractivity (Wildman–Crippen MR) is 65.3 cm³/mol. The van der Waals surface area contributed by atoms with Crippen molar-refractivity contribution < 1.29 is 4.79 Å². The zero-order valence-electron chi connectivity index (χ0n) is 9.46. The topological polar surface area (TPSA) is 68.0 Å². The third kappa shape index (κ3) is 2.93. The molecule has 0 aliphatic carbocycles. The molecule has 0 spiro atoms. The van der Waals surface area contributed by atoms with Gasteiger partial charge in [0.25, 0.3) is 0 Å². The second-order valence-electron chi connectivity index (χ2n) is 3.94. The van der Waals surface area contributed by atoms with Crippen molar-refractivity contribution in [3.8, 4) is 0 Å². The number of amides is 1. The Morgan fingerprint density at radius 3 is 2.88 bits per heavy atom. The van der Waals surface area contributed by atoms with Crippen molar-refractivity contribution in [2.45, 2.75) is 20.3 Å². The van der Waals surface area contributed by atoms with Crippen molar-refractivity contribution in [3.63, 3.8) is 0 Å². The van der Waals surface area contributed by atoms with E-state index in [1.54, 1.807) is 18.3 Å². The highest BCUT2D eigenvalue weighted by molar-refractivity contribution is 6.29. The van der Waals surface area contributed by atoms with Crippen molar-refractivity contribution in [2.75, 3.05) is 11.9 Å². The number of aromatic nitrogens is 1. The molecule has 0 fully saturated rings. The van der Waals surface area contributed by atoms with E-state index in [4.69, 9.17) is 17.3 Å². The predicted octanol–water partition coefficient (Wildman–Crippen LogP) is 2.05. The lowest BCUT2D eigenvalue weighted by Crippen LogP contribution is -2.39. The fourth-order valence-electron chi connectivity index (χ4n) is 1.16. The standard InChI is InChI=1S/C11H16ClN3O/c1-3-11(2,7-13)10(16)15-8-4-5-14-9(12)6-8/h4-6H,3,7,13H2,1-2H3,(H,14,15,16). The van der Waals surface area contributed by atoms with E-state index in [9.17, 15) is 4.79 Å². The van der Waals surface area contributed by atoms with Gasteiger partial charge in [0, 0.05) is 18.4 Å². The average molecular weight is 242 g/mol. The molecular formula is C11H16ClN3O. The van der Waals surface area contributed by atoms with E-state index in [0.717, 1.165) is 0 Å². The lowest BCUT2D eigenvalue weighted by atomic mass is 9.86. The fraction of sp³-hybridized carbons (Fsp3) is 0.455. The maximum atomic E-state index is 12.0. The van der Waals surface area contributed by atoms with Crippen LogP contribution in [0.25, 0.3) is 0 Å². The Morgan fingerprint density at radius 1 is 1.69 bits per heavy atom. The molecule has 4 nitrogen and oxygen atoms in total. The number of carbonyl (C=O) groups is 1. The molecule has 1 unspecified atom stereocenters. The van der Waals surface area contributed by atoms with Gasteiger partial charge in [0.05, 0.1) is 5.41 Å². The summed E-state index contributed by atoms with van der Waals surface area (Å²) < 4.78 is 0. The smallest absolute Gasteiger partial charge is 0.231 e. The van der Waals surface area contributed by atoms with E-state index in [2.05, 4.69) is 10.3 Å². The fourth-order valence-corrected chi connectivity index (χ4v) is 1.33. The molecule has 0 saturated heterocycles. The third-order valence-electron chi connectivity index (χ3n) is 2.76. The summed E-state index contributed by atoms with van der Waals surface area (Å²) in [6.45, 7) is 4.09. The van der Waals surface area contributed by atoms with Gasteiger partial charge in [-0.05, 0) is 25.5 Å². The summed E-state index contributed by atoms with van der Waals surface area (Å²) in [5.74, 6) is -0.0974. The van der Waals surface area contributed by atoms with Crippen LogP contribution in [0.4, 0.5) is 5.69 Å². The van der Waals surface area contributed by atoms with Crippen LogP contribution in [0.2, 0.25) is 5.15 Å². The van der Waals surface area contributed by atoms with Crippen LogP contribution in [-0.2, 0) is 4.79 Å². The van der Waals surface area contributed by atoms with Crippen LogP contribution in [0.3, 0.4) is 0 Å². The van der Waals surface area contributed by atoms with Crippen molar-refractivity contribution in [1.82, 2.24) is 4.98 Å². The summed E-state index contributed by atoms with van der Waals surface area (Å²) in [6.07, 6.45) is 2.23. The Bertz CT molecular complexity index is 377. The number of pyridine rings is 1. The molecule has 1 amide bonds. The summed E-state index contributed by atoms with van der Waals surface area (Å²) in [5.41, 5.74) is 5.69. The maximum Gasteiger partial charge on any atom is 0.231 e. The lowest BCUT2D eigenvalue weighted by Gasteiger charge is -2.24. The Morgan fingerprint density at radius 2 is 2.38 bits per heavy atom. The zero-order valence-corrected chi connectivity index (χ0v) is 10.2. The summed E-state index contributed by atoms with van der Waals surface area (Å²) in [6, 6.07) is 3.29. The molecule has 1 aromatic rings. The third-order valence-corrected chi connectivity index (χ3v) is 2.97. The molecule has 1 atom stereocenters. The van der Waals surface area contributed by atoms with Gasteiger partial charge in [0.15, 0.2) is 0 Å². The highest BCUT2D eigenvalue weighted by Gasteiger charge is 2.29. The number of halogens is 1. The number of anilines is 1. The first-order chi connectivity index (χ1) is 7.51. The maximum absolute atomic E-state index is 12.0. The van der Waals surface area contributed by atoms with Crippen molar-refractivity contribution in [1.29, 1.82) is 0 Å². The van der Waals surface area contributed by atoms with Gasteiger partial charge in [-0.3, -0.25) is 4.79 Å². The normalized spacial score (nSPS) is 14.2. The van der Waals surface area contributed by atoms with E-state index in [0.29, 0.717) is 23.8 Å². The molecule has 3 N–H and O–H groups in total. The number of carbonyl (C=O) groups excluding carboxylic acids is 1. The SMILES string of the molecule is CCC(C)(CN)C(=O)Nc1ccnc(Cl)c1. The zero-order chi connectivity index (χ0) is 12.2. The van der Waals surface area contributed by atoms with Gasteiger partial charge in [-0.25, -0.2) is 4.98 Å². The number of nitrogens with one attached hydrogen (secondary N) is 1. The van der Waals surface area contributed by atoms with Crippen LogP contribution < -0.4 is 11.1 Å². The van der Waals surface area contributed by atoms with Gasteiger partial charge in [0.2, 0.25) is 5.91 Å². The molecule has 88 valence electrons. The van der Waals surface area contributed by atoms with Crippen molar-refractivity contribution in [2.24, 2.45) is 11.1 Å². The van der Waals surface area contributed by atoms with Crippen molar-refractivity contribution in [3.05, 3.63) is 23.5 Å². The van der Waals surface area contributed by atoms with Gasteiger partial charge >= 0.3 is 0 Å². The largest absolute Gasteiger partial charge is 0.329 e. The van der Waals surface area contributed by atoms with Gasteiger partial charge in [-0.2, -0.15) is 0 Å². The number of rotatable bonds is 4. The molecule has 0 radical (unpaired) electrons. The molecule has 0 aliphatic rings. The molecule has 5 heteroatoms. The van der Waals surface area contributed by atoms with Gasteiger partial charge in [-0.1, -0.05) is 18.5 Å². The quantitative estimate of drug-likeness (QED) is 0.793. The van der Waals surface area contributed by atoms with Crippen LogP contribution in [0.1, 0.15) is 20.3 Å². The first-order valence-corrected chi connectivity index (χ1v) is 5.52. The molecule has 1 aromatic heterocycles. The van der Waals surface area contributed by atoms with Crippen LogP contribution in [0.5, 0.6) is 0 Å². The molecule has 0 bridgehead atoms. The number of nitrogens with two attached hydrogens (primary N) is 1. The summed E-state index contributed by atoms with van der Waals surface area (Å²) >= 11 is 5.72. The molecule has 0 aliphatic heterocycles. The summed E-state index contributed by atoms with van der Waals surface area (Å²) in [4.78, 5) is 15.8. The highest BCUT2D eigenvalue weighted by atomic mass is 35.5. The molecule has 0 aromatic carbocycles. The minimum Gasteiger partial charge on any atom is -0.329 e. The van der Waals surface area contributed by atoms with Crippen LogP contribution in [0.15, 0.2) is 18.3 Å². The van der Waals surface area contributed by atoms with Gasteiger partial charge in [-0.15, -0.1) is 0 Å². The number of hydrogen-bond donors (Lipinski definition) is 2. The van der Waals surface area contributed by atoms with Gasteiger partial charge < -0.3 is 11.1 Å². The van der Waals surface area contributed by atoms with Crippen LogP contribution in [0, 0.1) is 5.41 Å². The number of hydrogen-bond acceptors (Lipinski definition) is 3. The van der Waals surface area contributed by atoms with Crippen LogP contribution >= 0.6 is 11.6 Å². The average Bonchev–Trinajstić information content (AvgIpc) is 2.28. The van der Waals surface area contributed by atoms with E-state index in [1.165, 1.54) is 0 Å². The second-order valence-corrected chi connectivity index (χ2v) is 4.33. The van der Waals surface area contributed by atoms with Crippen molar-refractivity contribution >= 4 is 23.2 Å². The summed E-state index contributed by atoms with van der Waals surface area (Å²) in [5, 5.41) is 3.13. The molecule has 1 rings (SSSR count). The molecule has 16 heavy (non-hydrogen) atoms. The first-order valence-electron chi connectivity index (χ1n) is 5.15. The van der Waals surface area contributed by atoms with Gasteiger partial charge in [0.1, 0.15) is 5.15 Å². The minimum atomic E-state index is -0.546. The summed E-state index contributed by atoms with van der Waals surface area (Å²) in [7, 11) is 0. The first kappa shape index (κ1) is 12.9. The Labute approximate surface area is 100 Å². The Balaban J connectivity index is 2.78. The van der Waals surface area contributed by atoms with Crippen LogP contribution in [-0.4, -0.2) is 17.4 Å². The monoisotopic (exact) mass is 241 g/mol. The Kier molecular flexibility index (Phi) is 4.26. The highest BCUT2D eigenvalue weighted by Crippen LogP contribution is 2.22. The van der Waals surface area contributed by atoms with E-state index >= 15 is 0 Å². The van der Waals surface area contributed by atoms with E-state index in [1.807, 2.05) is 13.8 Å². The van der Waals surface area contributed by atoms with E-state index in [-0.39, 0.29) is 5.91 Å². The Hall–Kier alpha value is -1.13. The number of nitrogens with zero attached hydrogens (tertiary/aromatic N) is 1. The minimum absolute atomic E-state index is 0.0974.